The minimum atomic E-state index is 0.0863. The molecule has 0 saturated carbocycles. The van der Waals surface area contributed by atoms with Crippen LogP contribution in [0.3, 0.4) is 0 Å². The summed E-state index contributed by atoms with van der Waals surface area (Å²) in [4.78, 5) is 12.0. The Bertz CT molecular complexity index is 580. The van der Waals surface area contributed by atoms with Crippen LogP contribution in [-0.2, 0) is 5.75 Å². The van der Waals surface area contributed by atoms with Crippen LogP contribution in [0.1, 0.15) is 21.5 Å². The van der Waals surface area contributed by atoms with Crippen molar-refractivity contribution >= 4 is 29.1 Å². The van der Waals surface area contributed by atoms with Gasteiger partial charge in [-0.1, -0.05) is 53.6 Å². The second-order valence-corrected chi connectivity index (χ2v) is 5.78. The topological polar surface area (TPSA) is 17.1 Å². The molecular formula is C16H15ClOS. The molecule has 2 aromatic carbocycles. The Morgan fingerprint density at radius 3 is 2.68 bits per heavy atom. The summed E-state index contributed by atoms with van der Waals surface area (Å²) >= 11 is 7.62. The van der Waals surface area contributed by atoms with Crippen molar-refractivity contribution in [2.24, 2.45) is 0 Å². The van der Waals surface area contributed by atoms with Gasteiger partial charge in [0.15, 0.2) is 5.78 Å². The SMILES string of the molecule is Cc1cccc(CSCC(=O)c2ccccc2Cl)c1. The lowest BCUT2D eigenvalue weighted by molar-refractivity contribution is 0.102. The number of carbonyl (C=O) groups excluding carboxylic acids is 1. The third-order valence-electron chi connectivity index (χ3n) is 2.76. The fourth-order valence-electron chi connectivity index (χ4n) is 1.83. The predicted molar refractivity (Wildman–Crippen MR) is 83.1 cm³/mol. The van der Waals surface area contributed by atoms with E-state index in [0.717, 1.165) is 5.75 Å². The van der Waals surface area contributed by atoms with Gasteiger partial charge in [-0.2, -0.15) is 0 Å². The average Bonchev–Trinajstić information content (AvgIpc) is 2.39. The first-order valence-corrected chi connectivity index (χ1v) is 7.61. The van der Waals surface area contributed by atoms with Gasteiger partial charge in [0.1, 0.15) is 0 Å². The lowest BCUT2D eigenvalue weighted by Crippen LogP contribution is -2.03. The van der Waals surface area contributed by atoms with Crippen molar-refractivity contribution < 1.29 is 4.79 Å². The normalized spacial score (nSPS) is 10.4. The standard InChI is InChI=1S/C16H15ClOS/c1-12-5-4-6-13(9-12)10-19-11-16(18)14-7-2-3-8-15(14)17/h2-9H,10-11H2,1H3. The average molecular weight is 291 g/mol. The second-order valence-electron chi connectivity index (χ2n) is 4.38. The molecule has 0 atom stereocenters. The van der Waals surface area contributed by atoms with E-state index in [4.69, 9.17) is 11.6 Å². The number of aryl methyl sites for hydroxylation is 1. The summed E-state index contributed by atoms with van der Waals surface area (Å²) in [5.41, 5.74) is 3.10. The summed E-state index contributed by atoms with van der Waals surface area (Å²) in [5, 5.41) is 0.531. The number of halogens is 1. The molecule has 0 aliphatic rings. The van der Waals surface area contributed by atoms with Crippen molar-refractivity contribution in [1.29, 1.82) is 0 Å². The van der Waals surface area contributed by atoms with Crippen molar-refractivity contribution in [3.8, 4) is 0 Å². The maximum atomic E-state index is 12.0. The van der Waals surface area contributed by atoms with Gasteiger partial charge >= 0.3 is 0 Å². The molecule has 0 fully saturated rings. The first kappa shape index (κ1) is 14.2. The third-order valence-corrected chi connectivity index (χ3v) is 4.09. The zero-order chi connectivity index (χ0) is 13.7. The molecule has 0 radical (unpaired) electrons. The number of hydrogen-bond acceptors (Lipinski definition) is 2. The minimum absolute atomic E-state index is 0.0863. The fraction of sp³-hybridized carbons (Fsp3) is 0.188. The number of ketones is 1. The van der Waals surface area contributed by atoms with Crippen LogP contribution in [0.25, 0.3) is 0 Å². The van der Waals surface area contributed by atoms with Crippen LogP contribution in [-0.4, -0.2) is 11.5 Å². The van der Waals surface area contributed by atoms with Crippen molar-refractivity contribution in [2.75, 3.05) is 5.75 Å². The number of hydrogen-bond donors (Lipinski definition) is 0. The van der Waals surface area contributed by atoms with Gasteiger partial charge in [-0.15, -0.1) is 11.8 Å². The van der Waals surface area contributed by atoms with E-state index >= 15 is 0 Å². The lowest BCUT2D eigenvalue weighted by Gasteiger charge is -2.04. The highest BCUT2D eigenvalue weighted by atomic mass is 35.5. The fourth-order valence-corrected chi connectivity index (χ4v) is 2.93. The Morgan fingerprint density at radius 2 is 1.95 bits per heavy atom. The second kappa shape index (κ2) is 6.78. The largest absolute Gasteiger partial charge is 0.293 e. The maximum Gasteiger partial charge on any atom is 0.174 e. The third kappa shape index (κ3) is 4.12. The zero-order valence-electron chi connectivity index (χ0n) is 10.7. The molecule has 2 aromatic rings. The van der Waals surface area contributed by atoms with E-state index in [2.05, 4.69) is 25.1 Å². The van der Waals surface area contributed by atoms with E-state index in [0.29, 0.717) is 16.3 Å². The predicted octanol–water partition coefficient (Wildman–Crippen LogP) is 4.76. The van der Waals surface area contributed by atoms with Gasteiger partial charge in [0.2, 0.25) is 0 Å². The van der Waals surface area contributed by atoms with Crippen molar-refractivity contribution in [1.82, 2.24) is 0 Å². The van der Waals surface area contributed by atoms with Crippen LogP contribution >= 0.6 is 23.4 Å². The summed E-state index contributed by atoms with van der Waals surface area (Å²) in [7, 11) is 0. The Kier molecular flexibility index (Phi) is 5.06. The summed E-state index contributed by atoms with van der Waals surface area (Å²) in [6.45, 7) is 2.07. The molecule has 0 aliphatic heterocycles. The summed E-state index contributed by atoms with van der Waals surface area (Å²) in [5.74, 6) is 1.39. The zero-order valence-corrected chi connectivity index (χ0v) is 12.3. The molecule has 98 valence electrons. The van der Waals surface area contributed by atoms with E-state index in [9.17, 15) is 4.79 Å². The monoisotopic (exact) mass is 290 g/mol. The molecule has 0 heterocycles. The van der Waals surface area contributed by atoms with Gasteiger partial charge in [0.05, 0.1) is 10.8 Å². The Labute approximate surface area is 123 Å². The molecule has 0 spiro atoms. The summed E-state index contributed by atoms with van der Waals surface area (Å²) in [6.07, 6.45) is 0. The summed E-state index contributed by atoms with van der Waals surface area (Å²) in [6, 6.07) is 15.5. The van der Waals surface area contributed by atoms with Crippen LogP contribution in [0, 0.1) is 6.92 Å². The first-order chi connectivity index (χ1) is 9.16. The molecular weight excluding hydrogens is 276 g/mol. The van der Waals surface area contributed by atoms with E-state index in [1.807, 2.05) is 18.2 Å². The minimum Gasteiger partial charge on any atom is -0.293 e. The van der Waals surface area contributed by atoms with Crippen molar-refractivity contribution in [3.63, 3.8) is 0 Å². The van der Waals surface area contributed by atoms with Gasteiger partial charge in [-0.3, -0.25) is 4.79 Å². The highest BCUT2D eigenvalue weighted by molar-refractivity contribution is 7.99. The lowest BCUT2D eigenvalue weighted by atomic mass is 10.1. The van der Waals surface area contributed by atoms with Gasteiger partial charge in [0, 0.05) is 11.3 Å². The molecule has 19 heavy (non-hydrogen) atoms. The van der Waals surface area contributed by atoms with E-state index in [-0.39, 0.29) is 5.78 Å². The van der Waals surface area contributed by atoms with Gasteiger partial charge < -0.3 is 0 Å². The number of benzene rings is 2. The molecule has 0 unspecified atom stereocenters. The van der Waals surface area contributed by atoms with Gasteiger partial charge in [0.25, 0.3) is 0 Å². The number of Topliss-reactive ketones (excluding diaryl/α,β-unsaturated/α-hetero) is 1. The molecule has 0 saturated heterocycles. The highest BCUT2D eigenvalue weighted by Crippen LogP contribution is 2.19. The number of carbonyl (C=O) groups is 1. The van der Waals surface area contributed by atoms with Crippen LogP contribution < -0.4 is 0 Å². The maximum absolute atomic E-state index is 12.0. The van der Waals surface area contributed by atoms with Crippen LogP contribution in [0.15, 0.2) is 48.5 Å². The van der Waals surface area contributed by atoms with Crippen LogP contribution in [0.5, 0.6) is 0 Å². The Morgan fingerprint density at radius 1 is 1.16 bits per heavy atom. The molecule has 0 aromatic heterocycles. The summed E-state index contributed by atoms with van der Waals surface area (Å²) < 4.78 is 0. The molecule has 2 rings (SSSR count). The Hall–Kier alpha value is -1.25. The van der Waals surface area contributed by atoms with Crippen LogP contribution in [0.2, 0.25) is 5.02 Å². The van der Waals surface area contributed by atoms with E-state index in [1.54, 1.807) is 23.9 Å². The first-order valence-electron chi connectivity index (χ1n) is 6.08. The molecule has 0 aliphatic carbocycles. The van der Waals surface area contributed by atoms with Gasteiger partial charge in [-0.25, -0.2) is 0 Å². The molecule has 0 bridgehead atoms. The van der Waals surface area contributed by atoms with Crippen LogP contribution in [0.4, 0.5) is 0 Å². The van der Waals surface area contributed by atoms with E-state index < -0.39 is 0 Å². The van der Waals surface area contributed by atoms with Crippen molar-refractivity contribution in [3.05, 3.63) is 70.2 Å². The smallest absolute Gasteiger partial charge is 0.174 e. The molecule has 0 amide bonds. The molecule has 1 nitrogen and oxygen atoms in total. The van der Waals surface area contributed by atoms with Crippen molar-refractivity contribution in [2.45, 2.75) is 12.7 Å². The van der Waals surface area contributed by atoms with Gasteiger partial charge in [-0.05, 0) is 24.6 Å². The number of thioether (sulfide) groups is 1. The highest BCUT2D eigenvalue weighted by Gasteiger charge is 2.09. The Balaban J connectivity index is 1.90. The molecule has 3 heteroatoms. The molecule has 0 N–H and O–H groups in total. The quantitative estimate of drug-likeness (QED) is 0.738. The van der Waals surface area contributed by atoms with E-state index in [1.165, 1.54) is 11.1 Å². The number of rotatable bonds is 5.